The van der Waals surface area contributed by atoms with Gasteiger partial charge in [-0.25, -0.2) is 18.3 Å². The molecule has 2 bridgehead atoms. The first-order chi connectivity index (χ1) is 21.1. The summed E-state index contributed by atoms with van der Waals surface area (Å²) < 4.78 is 44.9. The van der Waals surface area contributed by atoms with Crippen molar-refractivity contribution in [3.8, 4) is 0 Å². The van der Waals surface area contributed by atoms with Crippen LogP contribution in [0.4, 0.5) is 13.2 Å². The van der Waals surface area contributed by atoms with Crippen LogP contribution in [0.2, 0.25) is 0 Å². The Labute approximate surface area is 254 Å². The van der Waals surface area contributed by atoms with Gasteiger partial charge in [0.1, 0.15) is 5.69 Å². The van der Waals surface area contributed by atoms with Crippen molar-refractivity contribution in [3.05, 3.63) is 47.7 Å². The summed E-state index contributed by atoms with van der Waals surface area (Å²) in [5.41, 5.74) is 2.20. The average molecular weight is 612 g/mol. The first-order valence-electron chi connectivity index (χ1n) is 16.0. The number of hydrogen-bond acceptors (Lipinski definition) is 5. The van der Waals surface area contributed by atoms with Gasteiger partial charge in [-0.05, 0) is 99.2 Å². The Bertz CT molecular complexity index is 1550. The second-order valence-corrected chi connectivity index (χ2v) is 14.0. The lowest BCUT2D eigenvalue weighted by atomic mass is 9.37. The molecule has 5 aliphatic carbocycles. The van der Waals surface area contributed by atoms with Gasteiger partial charge in [0.25, 0.3) is 5.91 Å². The van der Waals surface area contributed by atoms with Crippen LogP contribution in [-0.2, 0) is 4.79 Å². The lowest BCUT2D eigenvalue weighted by Crippen LogP contribution is -2.63. The van der Waals surface area contributed by atoms with Gasteiger partial charge >= 0.3 is 0 Å². The molecule has 0 spiro atoms. The number of nitrogens with one attached hydrogen (secondary N) is 2. The molecule has 5 aliphatic rings. The molecule has 3 aromatic heterocycles. The molecule has 236 valence electrons. The third-order valence-electron chi connectivity index (χ3n) is 10.7. The smallest absolute Gasteiger partial charge is 0.270 e. The number of alkyl halides is 3. The predicted octanol–water partition coefficient (Wildman–Crippen LogP) is 5.76. The predicted molar refractivity (Wildman–Crippen MR) is 156 cm³/mol. The number of halogens is 3. The standard InChI is InChI=1S/C32H40F3N7O2/c1-18(2)42-25(7-10-36-42)30(44)40-29(20-5-8-32(34,35)9-6-20)24-17-41-26(38-24)11-21(16-37-41)28(19-3-4-19)39-27(43)14-31-12-22(13-31)23(31)15-33/h7,10-11,16-20,22-23,28-29H,3-6,8-9,12-15H2,1-2H3,(H,39,43)(H,40,44)/t22-,23?,28-,29+,31+/m1/s1. The minimum Gasteiger partial charge on any atom is -0.349 e. The molecule has 2 amide bonds. The zero-order valence-corrected chi connectivity index (χ0v) is 25.2. The molecule has 44 heavy (non-hydrogen) atoms. The van der Waals surface area contributed by atoms with E-state index in [4.69, 9.17) is 4.98 Å². The fourth-order valence-corrected chi connectivity index (χ4v) is 7.94. The van der Waals surface area contributed by atoms with E-state index in [1.807, 2.05) is 19.9 Å². The molecule has 5 fully saturated rings. The molecule has 2 N–H and O–H groups in total. The number of carbonyl (C=O) groups is 2. The third-order valence-corrected chi connectivity index (χ3v) is 10.7. The minimum absolute atomic E-state index is 0.0283. The first-order valence-corrected chi connectivity index (χ1v) is 16.0. The fraction of sp³-hybridized carbons (Fsp3) is 0.656. The summed E-state index contributed by atoms with van der Waals surface area (Å²) in [6.45, 7) is 3.52. The third kappa shape index (κ3) is 5.27. The van der Waals surface area contributed by atoms with Crippen molar-refractivity contribution in [1.82, 2.24) is 35.0 Å². The molecule has 0 aliphatic heterocycles. The Morgan fingerprint density at radius 2 is 1.77 bits per heavy atom. The van der Waals surface area contributed by atoms with E-state index in [0.29, 0.717) is 35.3 Å². The number of amides is 2. The van der Waals surface area contributed by atoms with Crippen LogP contribution < -0.4 is 10.6 Å². The van der Waals surface area contributed by atoms with Crippen molar-refractivity contribution < 1.29 is 22.8 Å². The Balaban J connectivity index is 1.13. The normalized spacial score (nSPS) is 27.4. The number of carbonyl (C=O) groups excluding carboxylic acids is 2. The SMILES string of the molecule is CC(C)n1nccc1C(=O)N[C@H](c1cn2ncc([C@H](NC(=O)C[C@]34C[C@H](C3)C4CF)C3CC3)cc2n1)C1CCC(F)(F)CC1. The van der Waals surface area contributed by atoms with Gasteiger partial charge in [-0.2, -0.15) is 10.2 Å². The highest BCUT2D eigenvalue weighted by molar-refractivity contribution is 5.92. The van der Waals surface area contributed by atoms with Crippen LogP contribution >= 0.6 is 0 Å². The quantitative estimate of drug-likeness (QED) is 0.287. The fourth-order valence-electron chi connectivity index (χ4n) is 7.94. The van der Waals surface area contributed by atoms with Crippen molar-refractivity contribution in [1.29, 1.82) is 0 Å². The van der Waals surface area contributed by atoms with E-state index < -0.39 is 12.0 Å². The maximum atomic E-state index is 14.1. The summed E-state index contributed by atoms with van der Waals surface area (Å²) in [4.78, 5) is 31.4. The van der Waals surface area contributed by atoms with Gasteiger partial charge in [0.15, 0.2) is 5.65 Å². The minimum atomic E-state index is -2.70. The summed E-state index contributed by atoms with van der Waals surface area (Å²) in [6, 6.07) is 2.74. The summed E-state index contributed by atoms with van der Waals surface area (Å²) in [5, 5.41) is 15.2. The molecular formula is C32H40F3N7O2. The number of nitrogens with zero attached hydrogens (tertiary/aromatic N) is 5. The van der Waals surface area contributed by atoms with Crippen LogP contribution in [0, 0.1) is 29.1 Å². The Hall–Kier alpha value is -3.44. The zero-order valence-electron chi connectivity index (χ0n) is 25.2. The Kier molecular flexibility index (Phi) is 7.23. The lowest BCUT2D eigenvalue weighted by molar-refractivity contribution is -0.202. The molecule has 1 unspecified atom stereocenters. The summed E-state index contributed by atoms with van der Waals surface area (Å²) >= 11 is 0. The second kappa shape index (κ2) is 10.9. The number of hydrogen-bond donors (Lipinski definition) is 2. The highest BCUT2D eigenvalue weighted by Crippen LogP contribution is 2.70. The molecule has 0 radical (unpaired) electrons. The molecule has 0 saturated heterocycles. The van der Waals surface area contributed by atoms with Crippen LogP contribution in [0.15, 0.2) is 30.7 Å². The van der Waals surface area contributed by atoms with Gasteiger partial charge in [0, 0.05) is 31.5 Å². The number of fused-ring (bicyclic) bond motifs is 1. The van der Waals surface area contributed by atoms with Gasteiger partial charge in [0.2, 0.25) is 11.8 Å². The average Bonchev–Trinajstić information content (AvgIpc) is 3.50. The lowest BCUT2D eigenvalue weighted by Gasteiger charge is -2.67. The molecule has 3 atom stereocenters. The van der Waals surface area contributed by atoms with E-state index in [1.54, 1.807) is 33.9 Å². The monoisotopic (exact) mass is 611 g/mol. The summed E-state index contributed by atoms with van der Waals surface area (Å²) in [6.07, 6.45) is 9.38. The number of rotatable bonds is 11. The van der Waals surface area contributed by atoms with Crippen LogP contribution in [0.25, 0.3) is 5.65 Å². The number of aromatic nitrogens is 5. The van der Waals surface area contributed by atoms with Gasteiger partial charge in [-0.1, -0.05) is 0 Å². The van der Waals surface area contributed by atoms with Gasteiger partial charge in [0.05, 0.1) is 36.8 Å². The maximum absolute atomic E-state index is 14.1. The van der Waals surface area contributed by atoms with Crippen LogP contribution in [-0.4, -0.2) is 48.8 Å². The van der Waals surface area contributed by atoms with Crippen molar-refractivity contribution in [2.45, 2.75) is 95.7 Å². The van der Waals surface area contributed by atoms with Crippen LogP contribution in [0.1, 0.15) is 112 Å². The molecule has 0 aromatic carbocycles. The van der Waals surface area contributed by atoms with Crippen molar-refractivity contribution >= 4 is 17.5 Å². The first kappa shape index (κ1) is 29.3. The highest BCUT2D eigenvalue weighted by atomic mass is 19.3. The van der Waals surface area contributed by atoms with E-state index in [1.165, 1.54) is 0 Å². The van der Waals surface area contributed by atoms with Crippen molar-refractivity contribution in [2.24, 2.45) is 29.1 Å². The Morgan fingerprint density at radius 3 is 2.41 bits per heavy atom. The van der Waals surface area contributed by atoms with Gasteiger partial charge < -0.3 is 10.6 Å². The number of imidazole rings is 1. The molecule has 9 nitrogen and oxygen atoms in total. The van der Waals surface area contributed by atoms with Crippen molar-refractivity contribution in [2.75, 3.05) is 6.67 Å². The molecule has 3 aromatic rings. The highest BCUT2D eigenvalue weighted by Gasteiger charge is 2.65. The Morgan fingerprint density at radius 1 is 1.05 bits per heavy atom. The topological polar surface area (TPSA) is 106 Å². The molecule has 5 saturated carbocycles. The zero-order chi connectivity index (χ0) is 30.8. The maximum Gasteiger partial charge on any atom is 0.270 e. The largest absolute Gasteiger partial charge is 0.349 e. The molecule has 8 rings (SSSR count). The van der Waals surface area contributed by atoms with E-state index >= 15 is 0 Å². The van der Waals surface area contributed by atoms with Crippen LogP contribution in [0.5, 0.6) is 0 Å². The van der Waals surface area contributed by atoms with E-state index in [9.17, 15) is 22.8 Å². The van der Waals surface area contributed by atoms with E-state index in [2.05, 4.69) is 20.8 Å². The van der Waals surface area contributed by atoms with Crippen LogP contribution in [0.3, 0.4) is 0 Å². The summed E-state index contributed by atoms with van der Waals surface area (Å²) in [7, 11) is 0. The van der Waals surface area contributed by atoms with E-state index in [-0.39, 0.29) is 73.5 Å². The van der Waals surface area contributed by atoms with E-state index in [0.717, 1.165) is 31.2 Å². The molecule has 12 heteroatoms. The molecular weight excluding hydrogens is 571 g/mol. The molecule has 3 heterocycles. The second-order valence-electron chi connectivity index (χ2n) is 14.0. The van der Waals surface area contributed by atoms with Crippen molar-refractivity contribution in [3.63, 3.8) is 0 Å². The summed E-state index contributed by atoms with van der Waals surface area (Å²) in [5.74, 6) is -2.51. The van der Waals surface area contributed by atoms with Gasteiger partial charge in [-0.3, -0.25) is 18.7 Å². The van der Waals surface area contributed by atoms with Gasteiger partial charge in [-0.15, -0.1) is 0 Å².